The number of hydrogen-bond donors (Lipinski definition) is 0. The first-order valence-electron chi connectivity index (χ1n) is 4.42. The van der Waals surface area contributed by atoms with Gasteiger partial charge in [0.25, 0.3) is 0 Å². The van der Waals surface area contributed by atoms with Crippen LogP contribution in [-0.4, -0.2) is 7.11 Å². The van der Waals surface area contributed by atoms with E-state index < -0.39 is 0 Å². The van der Waals surface area contributed by atoms with Gasteiger partial charge in [-0.05, 0) is 18.1 Å². The minimum absolute atomic E-state index is 0.945. The molecule has 1 heteroatoms. The Morgan fingerprint density at radius 2 is 2.08 bits per heavy atom. The second-order valence-corrected chi connectivity index (χ2v) is 3.00. The van der Waals surface area contributed by atoms with Crippen molar-refractivity contribution in [2.75, 3.05) is 7.11 Å². The first kappa shape index (κ1) is 8.11. The van der Waals surface area contributed by atoms with Gasteiger partial charge in [-0.2, -0.15) is 0 Å². The van der Waals surface area contributed by atoms with Gasteiger partial charge in [-0.15, -0.1) is 0 Å². The molecule has 0 radical (unpaired) electrons. The third-order valence-electron chi connectivity index (χ3n) is 2.19. The van der Waals surface area contributed by atoms with Gasteiger partial charge in [-0.1, -0.05) is 36.4 Å². The van der Waals surface area contributed by atoms with Crippen molar-refractivity contribution in [2.45, 2.75) is 6.42 Å². The van der Waals surface area contributed by atoms with Crippen LogP contribution in [0.4, 0.5) is 0 Å². The van der Waals surface area contributed by atoms with Gasteiger partial charge in [-0.3, -0.25) is 0 Å². The average molecular weight is 172 g/mol. The summed E-state index contributed by atoms with van der Waals surface area (Å²) in [6, 6.07) is 8.09. The van der Waals surface area contributed by atoms with Crippen molar-refractivity contribution in [1.82, 2.24) is 0 Å². The lowest BCUT2D eigenvalue weighted by molar-refractivity contribution is 0.413. The molecular weight excluding hydrogens is 160 g/mol. The van der Waals surface area contributed by atoms with Crippen LogP contribution in [0.3, 0.4) is 0 Å². The zero-order valence-electron chi connectivity index (χ0n) is 7.66. The summed E-state index contributed by atoms with van der Waals surface area (Å²) in [5.41, 5.74) is 2.44. The fourth-order valence-corrected chi connectivity index (χ4v) is 1.54. The average Bonchev–Trinajstić information content (AvgIpc) is 2.70. The SMILES string of the molecule is COc1ccccc1C1=CCC=C1. The van der Waals surface area contributed by atoms with Crippen molar-refractivity contribution in [2.24, 2.45) is 0 Å². The lowest BCUT2D eigenvalue weighted by atomic mass is 10.1. The van der Waals surface area contributed by atoms with Crippen LogP contribution in [0.2, 0.25) is 0 Å². The predicted octanol–water partition coefficient (Wildman–Crippen LogP) is 3.04. The van der Waals surface area contributed by atoms with Crippen LogP contribution in [0, 0.1) is 0 Å². The maximum absolute atomic E-state index is 5.28. The molecule has 0 aromatic heterocycles. The highest BCUT2D eigenvalue weighted by atomic mass is 16.5. The fourth-order valence-electron chi connectivity index (χ4n) is 1.54. The van der Waals surface area contributed by atoms with E-state index >= 15 is 0 Å². The minimum atomic E-state index is 0.945. The molecule has 2 rings (SSSR count). The van der Waals surface area contributed by atoms with Crippen LogP contribution in [0.25, 0.3) is 5.57 Å². The topological polar surface area (TPSA) is 9.23 Å². The van der Waals surface area contributed by atoms with Crippen molar-refractivity contribution in [3.05, 3.63) is 48.1 Å². The van der Waals surface area contributed by atoms with E-state index in [1.807, 2.05) is 18.2 Å². The van der Waals surface area contributed by atoms with Gasteiger partial charge in [0.05, 0.1) is 7.11 Å². The summed E-state index contributed by atoms with van der Waals surface area (Å²) in [6.07, 6.45) is 7.53. The number of allylic oxidation sites excluding steroid dienone is 4. The Kier molecular flexibility index (Phi) is 2.17. The molecule has 0 fully saturated rings. The summed E-state index contributed by atoms with van der Waals surface area (Å²) in [5, 5.41) is 0. The minimum Gasteiger partial charge on any atom is -0.496 e. The molecule has 0 unspecified atom stereocenters. The Morgan fingerprint density at radius 1 is 1.23 bits per heavy atom. The maximum Gasteiger partial charge on any atom is 0.126 e. The zero-order chi connectivity index (χ0) is 9.10. The summed E-state index contributed by atoms with van der Waals surface area (Å²) in [7, 11) is 1.71. The largest absolute Gasteiger partial charge is 0.496 e. The van der Waals surface area contributed by atoms with Crippen LogP contribution in [-0.2, 0) is 0 Å². The van der Waals surface area contributed by atoms with Crippen LogP contribution >= 0.6 is 0 Å². The van der Waals surface area contributed by atoms with Crippen molar-refractivity contribution in [3.8, 4) is 5.75 Å². The fraction of sp³-hybridized carbons (Fsp3) is 0.167. The Balaban J connectivity index is 2.44. The second-order valence-electron chi connectivity index (χ2n) is 3.00. The van der Waals surface area contributed by atoms with Crippen molar-refractivity contribution >= 4 is 5.57 Å². The van der Waals surface area contributed by atoms with Gasteiger partial charge in [-0.25, -0.2) is 0 Å². The van der Waals surface area contributed by atoms with Gasteiger partial charge in [0.1, 0.15) is 5.75 Å². The number of rotatable bonds is 2. The van der Waals surface area contributed by atoms with E-state index in [0.29, 0.717) is 0 Å². The number of ether oxygens (including phenoxy) is 1. The molecule has 0 heterocycles. The van der Waals surface area contributed by atoms with E-state index in [1.54, 1.807) is 7.11 Å². The predicted molar refractivity (Wildman–Crippen MR) is 54.7 cm³/mol. The van der Waals surface area contributed by atoms with Gasteiger partial charge in [0.2, 0.25) is 0 Å². The number of para-hydroxylation sites is 1. The van der Waals surface area contributed by atoms with E-state index in [1.165, 1.54) is 11.1 Å². The Hall–Kier alpha value is -1.50. The first-order chi connectivity index (χ1) is 6.42. The molecule has 0 amide bonds. The van der Waals surface area contributed by atoms with Gasteiger partial charge in [0, 0.05) is 5.56 Å². The molecule has 0 N–H and O–H groups in total. The van der Waals surface area contributed by atoms with Crippen LogP contribution < -0.4 is 4.74 Å². The number of benzene rings is 1. The molecule has 1 aliphatic carbocycles. The highest BCUT2D eigenvalue weighted by Gasteiger charge is 2.06. The molecule has 1 aliphatic rings. The normalized spacial score (nSPS) is 14.4. The molecule has 13 heavy (non-hydrogen) atoms. The van der Waals surface area contributed by atoms with Crippen LogP contribution in [0.1, 0.15) is 12.0 Å². The van der Waals surface area contributed by atoms with Crippen LogP contribution in [0.15, 0.2) is 42.5 Å². The van der Waals surface area contributed by atoms with Crippen LogP contribution in [0.5, 0.6) is 5.75 Å². The van der Waals surface area contributed by atoms with E-state index in [2.05, 4.69) is 24.3 Å². The summed E-state index contributed by atoms with van der Waals surface area (Å²) >= 11 is 0. The van der Waals surface area contributed by atoms with E-state index in [4.69, 9.17) is 4.74 Å². The zero-order valence-corrected chi connectivity index (χ0v) is 7.66. The number of hydrogen-bond acceptors (Lipinski definition) is 1. The highest BCUT2D eigenvalue weighted by Crippen LogP contribution is 2.29. The quantitative estimate of drug-likeness (QED) is 0.666. The molecule has 0 spiro atoms. The van der Waals surface area contributed by atoms with Gasteiger partial charge in [0.15, 0.2) is 0 Å². The lowest BCUT2D eigenvalue weighted by Crippen LogP contribution is -1.88. The molecular formula is C12H12O. The van der Waals surface area contributed by atoms with Gasteiger partial charge < -0.3 is 4.74 Å². The summed E-state index contributed by atoms with van der Waals surface area (Å²) < 4.78 is 5.28. The molecule has 1 aromatic carbocycles. The molecule has 0 aliphatic heterocycles. The molecule has 1 aromatic rings. The second kappa shape index (κ2) is 3.48. The lowest BCUT2D eigenvalue weighted by Gasteiger charge is -2.06. The van der Waals surface area contributed by atoms with Crippen molar-refractivity contribution in [3.63, 3.8) is 0 Å². The molecule has 0 saturated heterocycles. The Bertz CT molecular complexity index is 361. The van der Waals surface area contributed by atoms with E-state index in [-0.39, 0.29) is 0 Å². The molecule has 0 bridgehead atoms. The molecule has 0 atom stereocenters. The summed E-state index contributed by atoms with van der Waals surface area (Å²) in [6.45, 7) is 0. The van der Waals surface area contributed by atoms with Crippen molar-refractivity contribution in [1.29, 1.82) is 0 Å². The Labute approximate surface area is 78.3 Å². The third-order valence-corrected chi connectivity index (χ3v) is 2.19. The third kappa shape index (κ3) is 1.50. The van der Waals surface area contributed by atoms with Gasteiger partial charge >= 0.3 is 0 Å². The van der Waals surface area contributed by atoms with E-state index in [9.17, 15) is 0 Å². The summed E-state index contributed by atoms with van der Waals surface area (Å²) in [4.78, 5) is 0. The summed E-state index contributed by atoms with van der Waals surface area (Å²) in [5.74, 6) is 0.945. The maximum atomic E-state index is 5.28. The highest BCUT2D eigenvalue weighted by molar-refractivity contribution is 5.79. The number of methoxy groups -OCH3 is 1. The molecule has 1 nitrogen and oxygen atoms in total. The molecule has 0 saturated carbocycles. The monoisotopic (exact) mass is 172 g/mol. The standard InChI is InChI=1S/C12H12O/c1-13-12-9-5-4-8-11(12)10-6-2-3-7-10/h2,4-9H,3H2,1H3. The molecule has 66 valence electrons. The smallest absolute Gasteiger partial charge is 0.126 e. The van der Waals surface area contributed by atoms with Crippen molar-refractivity contribution < 1.29 is 4.74 Å². The Morgan fingerprint density at radius 3 is 2.77 bits per heavy atom. The van der Waals surface area contributed by atoms with E-state index in [0.717, 1.165) is 12.2 Å². The first-order valence-corrected chi connectivity index (χ1v) is 4.42.